The van der Waals surface area contributed by atoms with Crippen molar-refractivity contribution in [3.05, 3.63) is 104 Å². The molecule has 2 aliphatic rings. The average Bonchev–Trinajstić information content (AvgIpc) is 3.31. The van der Waals surface area contributed by atoms with Crippen LogP contribution in [0.4, 0.5) is 0 Å². The number of amides is 1. The minimum absolute atomic E-state index is 0.0748. The van der Waals surface area contributed by atoms with E-state index in [4.69, 9.17) is 38.1 Å². The molecular formula is C28H21Cl2N3O3S. The normalized spacial score (nSPS) is 16.0. The molecule has 0 unspecified atom stereocenters. The number of rotatable bonds is 7. The van der Waals surface area contributed by atoms with Crippen LogP contribution in [0.25, 0.3) is 11.8 Å². The zero-order valence-corrected chi connectivity index (χ0v) is 22.0. The minimum atomic E-state index is -0.456. The van der Waals surface area contributed by atoms with Crippen LogP contribution in [0.2, 0.25) is 10.0 Å². The maximum Gasteiger partial charge on any atom is 0.283 e. The van der Waals surface area contributed by atoms with Gasteiger partial charge in [0.2, 0.25) is 0 Å². The van der Waals surface area contributed by atoms with Gasteiger partial charge in [0, 0.05) is 21.0 Å². The fourth-order valence-corrected chi connectivity index (χ4v) is 5.23. The Morgan fingerprint density at radius 3 is 2.59 bits per heavy atom. The molecule has 0 saturated carbocycles. The predicted molar refractivity (Wildman–Crippen MR) is 150 cm³/mol. The minimum Gasteiger partial charge on any atom is -0.490 e. The summed E-state index contributed by atoms with van der Waals surface area (Å²) in [5.74, 6) is 0.668. The number of aliphatic imine (C=N–C) groups is 1. The molecule has 0 saturated heterocycles. The van der Waals surface area contributed by atoms with E-state index < -0.39 is 5.91 Å². The lowest BCUT2D eigenvalue weighted by atomic mass is 10.1. The number of nitrogens with one attached hydrogen (secondary N) is 1. The molecular weight excluding hydrogens is 529 g/mol. The highest BCUT2D eigenvalue weighted by atomic mass is 35.5. The fraction of sp³-hybridized carbons (Fsp3) is 0.107. The summed E-state index contributed by atoms with van der Waals surface area (Å²) < 4.78 is 11.8. The van der Waals surface area contributed by atoms with Crippen molar-refractivity contribution in [2.45, 2.75) is 13.5 Å². The number of carbonyl (C=O) groups is 1. The quantitative estimate of drug-likeness (QED) is 0.313. The van der Waals surface area contributed by atoms with Gasteiger partial charge in [-0.2, -0.15) is 4.99 Å². The molecule has 0 aliphatic carbocycles. The van der Waals surface area contributed by atoms with Gasteiger partial charge < -0.3 is 9.47 Å². The summed E-state index contributed by atoms with van der Waals surface area (Å²) in [7, 11) is 0. The van der Waals surface area contributed by atoms with Gasteiger partial charge in [0.15, 0.2) is 16.7 Å². The molecule has 3 aromatic carbocycles. The molecule has 6 nitrogen and oxygen atoms in total. The maximum absolute atomic E-state index is 12.9. The summed E-state index contributed by atoms with van der Waals surface area (Å²) in [6.07, 6.45) is 1.65. The average molecular weight is 550 g/mol. The topological polar surface area (TPSA) is 75.0 Å². The monoisotopic (exact) mass is 549 g/mol. The van der Waals surface area contributed by atoms with E-state index in [1.807, 2.05) is 48.7 Å². The summed E-state index contributed by atoms with van der Waals surface area (Å²) >= 11 is 13.6. The Kier molecular flexibility index (Phi) is 7.37. The highest BCUT2D eigenvalue weighted by molar-refractivity contribution is 8.17. The Morgan fingerprint density at radius 1 is 1.03 bits per heavy atom. The van der Waals surface area contributed by atoms with E-state index in [0.29, 0.717) is 38.9 Å². The summed E-state index contributed by atoms with van der Waals surface area (Å²) in [5.41, 5.74) is 3.42. The lowest BCUT2D eigenvalue weighted by Gasteiger charge is -2.27. The number of hydrogen-bond acceptors (Lipinski definition) is 5. The maximum atomic E-state index is 12.9. The third-order valence-electron chi connectivity index (χ3n) is 5.66. The number of benzene rings is 3. The molecule has 37 heavy (non-hydrogen) atoms. The number of carbonyl (C=O) groups excluding carboxylic acids is 1. The SMILES string of the molecule is CCOc1cc(C=C2C(=N)N3C(c4ccccc4)=CSC3=NC2=O)ccc1OCc1ccc(Cl)cc1Cl. The molecule has 3 aromatic rings. The van der Waals surface area contributed by atoms with Crippen LogP contribution in [0.15, 0.2) is 82.7 Å². The molecule has 186 valence electrons. The molecule has 0 aromatic heterocycles. The van der Waals surface area contributed by atoms with Crippen molar-refractivity contribution in [1.29, 1.82) is 5.41 Å². The summed E-state index contributed by atoms with van der Waals surface area (Å²) in [5, 5.41) is 12.3. The number of halogens is 2. The molecule has 2 heterocycles. The number of nitrogens with zero attached hydrogens (tertiary/aromatic N) is 2. The van der Waals surface area contributed by atoms with Gasteiger partial charge in [-0.3, -0.25) is 15.1 Å². The molecule has 9 heteroatoms. The fourth-order valence-electron chi connectivity index (χ4n) is 3.88. The van der Waals surface area contributed by atoms with Crippen LogP contribution in [0.3, 0.4) is 0 Å². The second-order valence-corrected chi connectivity index (χ2v) is 9.77. The van der Waals surface area contributed by atoms with Gasteiger partial charge in [0.1, 0.15) is 12.4 Å². The van der Waals surface area contributed by atoms with Crippen LogP contribution in [-0.4, -0.2) is 28.4 Å². The van der Waals surface area contributed by atoms with E-state index in [0.717, 1.165) is 16.8 Å². The van der Waals surface area contributed by atoms with Gasteiger partial charge >= 0.3 is 0 Å². The molecule has 0 spiro atoms. The number of fused-ring (bicyclic) bond motifs is 1. The van der Waals surface area contributed by atoms with E-state index >= 15 is 0 Å². The van der Waals surface area contributed by atoms with Crippen LogP contribution in [0.1, 0.15) is 23.6 Å². The Balaban J connectivity index is 1.41. The van der Waals surface area contributed by atoms with Crippen molar-refractivity contribution in [2.75, 3.05) is 6.61 Å². The number of hydrogen-bond donors (Lipinski definition) is 1. The molecule has 1 N–H and O–H groups in total. The molecule has 0 fully saturated rings. The zero-order chi connectivity index (χ0) is 25.9. The van der Waals surface area contributed by atoms with Gasteiger partial charge in [-0.05, 0) is 48.4 Å². The zero-order valence-electron chi connectivity index (χ0n) is 19.7. The van der Waals surface area contributed by atoms with Gasteiger partial charge in [-0.15, -0.1) is 0 Å². The first-order chi connectivity index (χ1) is 17.9. The van der Waals surface area contributed by atoms with Gasteiger partial charge in [0.05, 0.1) is 17.9 Å². The highest BCUT2D eigenvalue weighted by Crippen LogP contribution is 2.38. The second kappa shape index (κ2) is 10.8. The smallest absolute Gasteiger partial charge is 0.283 e. The summed E-state index contributed by atoms with van der Waals surface area (Å²) in [6, 6.07) is 20.3. The van der Waals surface area contributed by atoms with Crippen LogP contribution in [0, 0.1) is 5.41 Å². The van der Waals surface area contributed by atoms with Crippen LogP contribution in [-0.2, 0) is 11.4 Å². The number of ether oxygens (including phenoxy) is 2. The first-order valence-corrected chi connectivity index (χ1v) is 13.1. The molecule has 0 bridgehead atoms. The van der Waals surface area contributed by atoms with Gasteiger partial charge in [0.25, 0.3) is 5.91 Å². The Morgan fingerprint density at radius 2 is 1.84 bits per heavy atom. The molecule has 0 atom stereocenters. The van der Waals surface area contributed by atoms with Crippen LogP contribution >= 0.6 is 35.0 Å². The molecule has 2 aliphatic heterocycles. The Bertz CT molecular complexity index is 1490. The highest BCUT2D eigenvalue weighted by Gasteiger charge is 2.36. The second-order valence-electron chi connectivity index (χ2n) is 8.09. The Hall–Kier alpha value is -3.52. The number of amidine groups is 2. The van der Waals surface area contributed by atoms with Crippen LogP contribution in [0.5, 0.6) is 11.5 Å². The molecule has 0 radical (unpaired) electrons. The third kappa shape index (κ3) is 5.30. The molecule has 1 amide bonds. The lowest BCUT2D eigenvalue weighted by Crippen LogP contribution is -2.38. The van der Waals surface area contributed by atoms with E-state index in [1.54, 1.807) is 41.3 Å². The van der Waals surface area contributed by atoms with Crippen LogP contribution < -0.4 is 9.47 Å². The summed E-state index contributed by atoms with van der Waals surface area (Å²) in [4.78, 5) is 18.8. The number of thioether (sulfide) groups is 1. The van der Waals surface area contributed by atoms with Crippen molar-refractivity contribution in [2.24, 2.45) is 4.99 Å². The lowest BCUT2D eigenvalue weighted by molar-refractivity contribution is -0.114. The standard InChI is InChI=1S/C28H21Cl2N3O3S/c1-2-35-25-13-17(8-11-24(25)36-15-19-9-10-20(29)14-22(19)30)12-21-26(31)33-23(18-6-4-3-5-7-18)16-37-28(33)32-27(21)34/h3-14,16,31H,2,15H2,1H3. The van der Waals surface area contributed by atoms with Gasteiger partial charge in [-0.25, -0.2) is 0 Å². The van der Waals surface area contributed by atoms with E-state index in [2.05, 4.69) is 4.99 Å². The molecule has 5 rings (SSSR count). The van der Waals surface area contributed by atoms with Crippen molar-refractivity contribution in [3.63, 3.8) is 0 Å². The Labute approximate surface area is 228 Å². The van der Waals surface area contributed by atoms with Crippen molar-refractivity contribution in [1.82, 2.24) is 4.90 Å². The van der Waals surface area contributed by atoms with Crippen molar-refractivity contribution < 1.29 is 14.3 Å². The predicted octanol–water partition coefficient (Wildman–Crippen LogP) is 7.28. The third-order valence-corrected chi connectivity index (χ3v) is 7.07. The van der Waals surface area contributed by atoms with Crippen molar-refractivity contribution >= 4 is 63.6 Å². The first kappa shape index (κ1) is 25.1. The first-order valence-electron chi connectivity index (χ1n) is 11.4. The largest absolute Gasteiger partial charge is 0.490 e. The van der Waals surface area contributed by atoms with Crippen molar-refractivity contribution in [3.8, 4) is 11.5 Å². The van der Waals surface area contributed by atoms with E-state index in [1.165, 1.54) is 11.8 Å². The van der Waals surface area contributed by atoms with E-state index in [-0.39, 0.29) is 18.0 Å². The van der Waals surface area contributed by atoms with E-state index in [9.17, 15) is 4.79 Å². The van der Waals surface area contributed by atoms with Gasteiger partial charge in [-0.1, -0.05) is 77.4 Å². The summed E-state index contributed by atoms with van der Waals surface area (Å²) in [6.45, 7) is 2.54.